The number of hydrogen-bond acceptors (Lipinski definition) is 5. The smallest absolute Gasteiger partial charge is 0.406 e. The number of rotatable bonds is 8. The molecule has 12 heteroatoms. The van der Waals surface area contributed by atoms with Crippen molar-refractivity contribution >= 4 is 28.6 Å². The number of carbonyl (C=O) groups excluding carboxylic acids is 1. The minimum atomic E-state index is -4.75. The van der Waals surface area contributed by atoms with Crippen molar-refractivity contribution < 1.29 is 22.7 Å². The Morgan fingerprint density at radius 3 is 2.48 bits per heavy atom. The molecule has 2 amide bonds. The zero-order chi connectivity index (χ0) is 31.4. The Morgan fingerprint density at radius 2 is 1.82 bits per heavy atom. The molecule has 2 heterocycles. The Morgan fingerprint density at radius 1 is 1.09 bits per heavy atom. The Kier molecular flexibility index (Phi) is 9.28. The van der Waals surface area contributed by atoms with E-state index in [0.717, 1.165) is 29.1 Å². The van der Waals surface area contributed by atoms with Crippen LogP contribution in [0.3, 0.4) is 0 Å². The summed E-state index contributed by atoms with van der Waals surface area (Å²) in [6.07, 6.45) is -2.59. The van der Waals surface area contributed by atoms with E-state index in [2.05, 4.69) is 62.9 Å². The molecule has 1 atom stereocenters. The molecule has 8 nitrogen and oxygen atoms in total. The second-order valence-electron chi connectivity index (χ2n) is 10.6. The van der Waals surface area contributed by atoms with Crippen LogP contribution in [-0.2, 0) is 0 Å². The summed E-state index contributed by atoms with van der Waals surface area (Å²) in [7, 11) is 0. The van der Waals surface area contributed by atoms with Crippen LogP contribution in [0.4, 0.5) is 23.7 Å². The second-order valence-corrected chi connectivity index (χ2v) is 11.7. The minimum Gasteiger partial charge on any atom is -0.406 e. The molecule has 230 valence electrons. The fourth-order valence-electron chi connectivity index (χ4n) is 5.24. The second kappa shape index (κ2) is 13.1. The predicted molar refractivity (Wildman–Crippen MR) is 168 cm³/mol. The minimum absolute atomic E-state index is 0.242. The quantitative estimate of drug-likeness (QED) is 0.214. The molecule has 1 aromatic heterocycles. The number of hydrogen-bond donors (Lipinski definition) is 1. The number of aliphatic imine (C=N–C) groups is 1. The summed E-state index contributed by atoms with van der Waals surface area (Å²) in [4.78, 5) is 24.0. The van der Waals surface area contributed by atoms with Crippen molar-refractivity contribution in [2.45, 2.75) is 52.4 Å². The van der Waals surface area contributed by atoms with Gasteiger partial charge in [0.15, 0.2) is 11.0 Å². The first kappa shape index (κ1) is 31.1. The van der Waals surface area contributed by atoms with Gasteiger partial charge in [0.1, 0.15) is 12.1 Å². The topological polar surface area (TPSA) is 84.6 Å². The highest BCUT2D eigenvalue weighted by atomic mass is 32.2. The highest BCUT2D eigenvalue weighted by molar-refractivity contribution is 8.14. The summed E-state index contributed by atoms with van der Waals surface area (Å²) in [6.45, 7) is 9.26. The van der Waals surface area contributed by atoms with Gasteiger partial charge in [-0.05, 0) is 66.3 Å². The number of amidine groups is 1. The van der Waals surface area contributed by atoms with Crippen molar-refractivity contribution in [2.75, 3.05) is 17.2 Å². The van der Waals surface area contributed by atoms with Crippen LogP contribution >= 0.6 is 11.8 Å². The molecule has 0 spiro atoms. The molecule has 1 aliphatic heterocycles. The van der Waals surface area contributed by atoms with Gasteiger partial charge in [-0.3, -0.25) is 0 Å². The van der Waals surface area contributed by atoms with Crippen LogP contribution in [0.2, 0.25) is 0 Å². The van der Waals surface area contributed by atoms with Crippen molar-refractivity contribution in [1.29, 1.82) is 0 Å². The molecule has 1 N–H and O–H groups in total. The van der Waals surface area contributed by atoms with Crippen LogP contribution in [0, 0.1) is 6.92 Å². The number of aromatic nitrogens is 3. The number of halogens is 3. The van der Waals surface area contributed by atoms with E-state index in [1.807, 2.05) is 37.3 Å². The lowest BCUT2D eigenvalue weighted by atomic mass is 9.95. The number of urea groups is 1. The maximum Gasteiger partial charge on any atom is 0.573 e. The Bertz CT molecular complexity index is 1640. The lowest BCUT2D eigenvalue weighted by Crippen LogP contribution is -2.30. The Balaban J connectivity index is 1.26. The van der Waals surface area contributed by atoms with Gasteiger partial charge in [-0.1, -0.05) is 68.9 Å². The molecule has 0 bridgehead atoms. The summed E-state index contributed by atoms with van der Waals surface area (Å²) in [5.74, 6) is 1.34. The zero-order valence-corrected chi connectivity index (χ0v) is 25.6. The molecule has 4 aromatic rings. The standard InChI is InChI=1S/C32H33F3N6O2S/c1-5-26(37-30(42)38-31-40(17-18-44-31)27-8-6-7-21(4)28(27)20(2)3)22-9-11-23(12-10-22)29-36-19-41(39-29)24-13-15-25(16-14-24)43-32(33,34)35/h6-16,19-20,26H,5,17-18H2,1-4H3,(H,37,42). The molecule has 5 rings (SSSR count). The number of benzene rings is 3. The van der Waals surface area contributed by atoms with Gasteiger partial charge in [-0.2, -0.15) is 4.99 Å². The van der Waals surface area contributed by atoms with Gasteiger partial charge in [-0.25, -0.2) is 14.5 Å². The average Bonchev–Trinajstić information content (AvgIpc) is 3.66. The highest BCUT2D eigenvalue weighted by Gasteiger charge is 2.31. The van der Waals surface area contributed by atoms with E-state index in [0.29, 0.717) is 29.0 Å². The number of alkyl halides is 3. The van der Waals surface area contributed by atoms with Crippen molar-refractivity contribution in [3.63, 3.8) is 0 Å². The number of aryl methyl sites for hydroxylation is 1. The van der Waals surface area contributed by atoms with Crippen LogP contribution in [0.25, 0.3) is 17.1 Å². The van der Waals surface area contributed by atoms with Crippen LogP contribution < -0.4 is 15.0 Å². The fourth-order valence-corrected chi connectivity index (χ4v) is 6.19. The van der Waals surface area contributed by atoms with E-state index in [1.54, 1.807) is 11.8 Å². The van der Waals surface area contributed by atoms with Crippen LogP contribution in [0.1, 0.15) is 55.8 Å². The summed E-state index contributed by atoms with van der Waals surface area (Å²) < 4.78 is 42.7. The van der Waals surface area contributed by atoms with Crippen LogP contribution in [-0.4, -0.2) is 44.6 Å². The lowest BCUT2D eigenvalue weighted by molar-refractivity contribution is -0.274. The Hall–Kier alpha value is -4.32. The number of anilines is 1. The number of amides is 2. The first-order chi connectivity index (χ1) is 21.0. The van der Waals surface area contributed by atoms with Gasteiger partial charge in [0.05, 0.1) is 11.7 Å². The van der Waals surface area contributed by atoms with Gasteiger partial charge in [0.25, 0.3) is 0 Å². The molecule has 1 aliphatic rings. The Labute approximate surface area is 258 Å². The molecule has 44 heavy (non-hydrogen) atoms. The zero-order valence-electron chi connectivity index (χ0n) is 24.8. The van der Waals surface area contributed by atoms with E-state index in [9.17, 15) is 18.0 Å². The fraction of sp³-hybridized carbons (Fsp3) is 0.312. The third-order valence-electron chi connectivity index (χ3n) is 7.25. The SMILES string of the molecule is CCC(NC(=O)N=C1SCCN1c1cccc(C)c1C(C)C)c1ccc(-c2ncn(-c3ccc(OC(F)(F)F)cc3)n2)cc1. The van der Waals surface area contributed by atoms with Gasteiger partial charge >= 0.3 is 12.4 Å². The maximum atomic E-state index is 13.1. The maximum absolute atomic E-state index is 13.1. The predicted octanol–water partition coefficient (Wildman–Crippen LogP) is 8.03. The number of thioether (sulfide) groups is 1. The van der Waals surface area contributed by atoms with E-state index in [1.165, 1.54) is 46.4 Å². The summed E-state index contributed by atoms with van der Waals surface area (Å²) >= 11 is 1.58. The summed E-state index contributed by atoms with van der Waals surface area (Å²) in [6, 6.07) is 18.6. The van der Waals surface area contributed by atoms with Crippen molar-refractivity contribution in [1.82, 2.24) is 20.1 Å². The number of carbonyl (C=O) groups is 1. The van der Waals surface area contributed by atoms with Crippen LogP contribution in [0.5, 0.6) is 5.75 Å². The number of nitrogens with zero attached hydrogens (tertiary/aromatic N) is 5. The summed E-state index contributed by atoms with van der Waals surface area (Å²) in [5, 5.41) is 8.21. The molecule has 1 saturated heterocycles. The van der Waals surface area contributed by atoms with Crippen LogP contribution in [0.15, 0.2) is 78.0 Å². The molecule has 1 unspecified atom stereocenters. The third kappa shape index (κ3) is 7.24. The number of ether oxygens (including phenoxy) is 1. The van der Waals surface area contributed by atoms with Crippen molar-refractivity contribution in [3.05, 3.63) is 89.7 Å². The molecule has 1 fully saturated rings. The lowest BCUT2D eigenvalue weighted by Gasteiger charge is -2.25. The first-order valence-electron chi connectivity index (χ1n) is 14.3. The molecule has 3 aromatic carbocycles. The van der Waals surface area contributed by atoms with Gasteiger partial charge in [-0.15, -0.1) is 18.3 Å². The molecule has 0 saturated carbocycles. The van der Waals surface area contributed by atoms with Gasteiger partial charge < -0.3 is 15.0 Å². The van der Waals surface area contributed by atoms with E-state index >= 15 is 0 Å². The molecule has 0 radical (unpaired) electrons. The molecular formula is C32H33F3N6O2S. The van der Waals surface area contributed by atoms with E-state index < -0.39 is 6.36 Å². The monoisotopic (exact) mass is 622 g/mol. The first-order valence-corrected chi connectivity index (χ1v) is 15.3. The highest BCUT2D eigenvalue weighted by Crippen LogP contribution is 2.35. The third-order valence-corrected chi connectivity index (χ3v) is 8.20. The molecular weight excluding hydrogens is 589 g/mol. The molecule has 0 aliphatic carbocycles. The van der Waals surface area contributed by atoms with Crippen molar-refractivity contribution in [3.8, 4) is 22.8 Å². The van der Waals surface area contributed by atoms with E-state index in [4.69, 9.17) is 0 Å². The number of nitrogens with one attached hydrogen (secondary N) is 1. The summed E-state index contributed by atoms with van der Waals surface area (Å²) in [5.41, 5.74) is 5.80. The average molecular weight is 623 g/mol. The normalized spacial score (nSPS) is 15.2. The largest absolute Gasteiger partial charge is 0.573 e. The van der Waals surface area contributed by atoms with Gasteiger partial charge in [0.2, 0.25) is 0 Å². The van der Waals surface area contributed by atoms with Gasteiger partial charge in [0, 0.05) is 23.5 Å². The van der Waals surface area contributed by atoms with E-state index in [-0.39, 0.29) is 17.8 Å². The van der Waals surface area contributed by atoms with Crippen molar-refractivity contribution in [2.24, 2.45) is 4.99 Å².